The maximum Gasteiger partial charge on any atom is 0.330 e. The fourth-order valence-corrected chi connectivity index (χ4v) is 4.52. The molecule has 1 N–H and O–H groups in total. The highest BCUT2D eigenvalue weighted by Gasteiger charge is 2.52. The van der Waals surface area contributed by atoms with Gasteiger partial charge in [0.05, 0.1) is 25.2 Å². The van der Waals surface area contributed by atoms with E-state index in [0.29, 0.717) is 22.8 Å². The van der Waals surface area contributed by atoms with Crippen molar-refractivity contribution < 1.29 is 32.1 Å². The number of carbonyl (C=O) groups excluding carboxylic acids is 1. The Balaban J connectivity index is 0.000000320. The van der Waals surface area contributed by atoms with Gasteiger partial charge in [0, 0.05) is 25.3 Å². The van der Waals surface area contributed by atoms with E-state index in [1.807, 2.05) is 23.2 Å². The fourth-order valence-electron chi connectivity index (χ4n) is 3.67. The van der Waals surface area contributed by atoms with Crippen LogP contribution in [0.4, 0.5) is 8.78 Å². The molecule has 192 valence electrons. The van der Waals surface area contributed by atoms with Gasteiger partial charge in [-0.1, -0.05) is 32.0 Å². The number of esters is 1. The van der Waals surface area contributed by atoms with E-state index in [1.165, 1.54) is 0 Å². The van der Waals surface area contributed by atoms with Crippen LogP contribution in [-0.4, -0.2) is 47.4 Å². The molecule has 1 aromatic heterocycles. The summed E-state index contributed by atoms with van der Waals surface area (Å²) in [4.78, 5) is 35.5. The van der Waals surface area contributed by atoms with Gasteiger partial charge in [0.25, 0.3) is 11.5 Å². The summed E-state index contributed by atoms with van der Waals surface area (Å²) in [7, 11) is -1.32. The van der Waals surface area contributed by atoms with Gasteiger partial charge in [-0.05, 0) is 24.5 Å². The number of nitrogens with zero attached hydrogens (tertiary/aromatic N) is 1. The van der Waals surface area contributed by atoms with Crippen molar-refractivity contribution in [3.8, 4) is 5.75 Å². The molecule has 2 aromatic rings. The number of ether oxygens (including phenoxy) is 2. The third-order valence-corrected chi connectivity index (χ3v) is 6.47. The first kappa shape index (κ1) is 27.0. The molecule has 2 fully saturated rings. The predicted octanol–water partition coefficient (Wildman–Crippen LogP) is 3.70. The lowest BCUT2D eigenvalue weighted by Crippen LogP contribution is -2.37. The van der Waals surface area contributed by atoms with Crippen molar-refractivity contribution in [3.63, 3.8) is 0 Å². The SMILES string of the molecule is CC(C)C1CCOC1=O.C[P@@](OCC1CC(F)(F)C(n2ccc(=O)[nH]c2=O)O1)Oc1ccccc1. The van der Waals surface area contributed by atoms with Gasteiger partial charge < -0.3 is 18.5 Å². The van der Waals surface area contributed by atoms with Crippen molar-refractivity contribution in [2.45, 2.75) is 44.9 Å². The molecule has 0 radical (unpaired) electrons. The molecule has 0 aliphatic carbocycles. The lowest BCUT2D eigenvalue weighted by Gasteiger charge is -2.19. The Morgan fingerprint density at radius 1 is 1.20 bits per heavy atom. The van der Waals surface area contributed by atoms with Gasteiger partial charge in [-0.2, -0.15) is 0 Å². The van der Waals surface area contributed by atoms with Crippen LogP contribution in [-0.2, 0) is 18.8 Å². The van der Waals surface area contributed by atoms with Crippen molar-refractivity contribution in [1.29, 1.82) is 0 Å². The molecule has 0 spiro atoms. The maximum absolute atomic E-state index is 14.2. The summed E-state index contributed by atoms with van der Waals surface area (Å²) in [6, 6.07) is 9.99. The van der Waals surface area contributed by atoms with Crippen molar-refractivity contribution >= 4 is 14.3 Å². The normalized spacial score (nSPS) is 23.9. The molecule has 4 atom stereocenters. The maximum atomic E-state index is 14.2. The largest absolute Gasteiger partial charge is 0.465 e. The topological polar surface area (TPSA) is 109 Å². The van der Waals surface area contributed by atoms with Crippen molar-refractivity contribution in [3.05, 3.63) is 63.4 Å². The predicted molar refractivity (Wildman–Crippen MR) is 125 cm³/mol. The molecule has 0 amide bonds. The Morgan fingerprint density at radius 3 is 2.49 bits per heavy atom. The fraction of sp³-hybridized carbons (Fsp3) is 0.522. The Labute approximate surface area is 202 Å². The summed E-state index contributed by atoms with van der Waals surface area (Å²) in [5, 5.41) is 0. The van der Waals surface area contributed by atoms with E-state index < -0.39 is 44.3 Å². The molecule has 12 heteroatoms. The first-order valence-corrected chi connectivity index (χ1v) is 12.8. The number of alkyl halides is 2. The van der Waals surface area contributed by atoms with Crippen LogP contribution < -0.4 is 15.8 Å². The highest BCUT2D eigenvalue weighted by Crippen LogP contribution is 2.43. The van der Waals surface area contributed by atoms with E-state index in [4.69, 9.17) is 18.5 Å². The monoisotopic (exact) mass is 514 g/mol. The highest BCUT2D eigenvalue weighted by atomic mass is 31.2. The highest BCUT2D eigenvalue weighted by molar-refractivity contribution is 7.46. The summed E-state index contributed by atoms with van der Waals surface area (Å²) in [5.74, 6) is -2.04. The molecule has 0 bridgehead atoms. The van der Waals surface area contributed by atoms with Gasteiger partial charge in [0.2, 0.25) is 14.6 Å². The van der Waals surface area contributed by atoms with Crippen molar-refractivity contribution in [1.82, 2.24) is 9.55 Å². The molecule has 4 rings (SSSR count). The van der Waals surface area contributed by atoms with Gasteiger partial charge in [0.1, 0.15) is 5.75 Å². The zero-order valence-corrected chi connectivity index (χ0v) is 20.6. The standard InChI is InChI=1S/C16H17F2N2O5P.C7H12O2/c1-26(25-11-5-3-2-4-6-11)23-10-12-9-16(17,18)14(24-12)20-8-7-13(21)19-15(20)22;1-5(2)6-3-4-9-7(6)8/h2-8,12,14H,9-10H2,1H3,(H,19,21,22);5-6H,3-4H2,1-2H3/t12?,14?,26-;/m0./s1. The van der Waals surface area contributed by atoms with Gasteiger partial charge in [-0.15, -0.1) is 0 Å². The molecule has 3 unspecified atom stereocenters. The summed E-state index contributed by atoms with van der Waals surface area (Å²) >= 11 is 0. The van der Waals surface area contributed by atoms with Crippen LogP contribution >= 0.6 is 8.38 Å². The Bertz CT molecular complexity index is 1090. The first-order chi connectivity index (χ1) is 16.6. The van der Waals surface area contributed by atoms with Crippen LogP contribution in [0, 0.1) is 11.8 Å². The second kappa shape index (κ2) is 11.9. The lowest BCUT2D eigenvalue weighted by atomic mass is 9.95. The smallest absolute Gasteiger partial charge is 0.330 e. The molecular formula is C23H29F2N2O7P. The average molecular weight is 514 g/mol. The minimum Gasteiger partial charge on any atom is -0.465 e. The number of rotatable bonds is 7. The number of halogens is 2. The van der Waals surface area contributed by atoms with Crippen LogP contribution in [0.1, 0.15) is 32.9 Å². The number of hydrogen-bond donors (Lipinski definition) is 1. The number of aromatic nitrogens is 2. The van der Waals surface area contributed by atoms with E-state index in [-0.39, 0.29) is 18.5 Å². The number of H-pyrrole nitrogens is 1. The van der Waals surface area contributed by atoms with Crippen LogP contribution in [0.15, 0.2) is 52.2 Å². The summed E-state index contributed by atoms with van der Waals surface area (Å²) < 4.78 is 50.3. The van der Waals surface area contributed by atoms with E-state index in [0.717, 1.165) is 18.7 Å². The quantitative estimate of drug-likeness (QED) is 0.443. The Morgan fingerprint density at radius 2 is 1.91 bits per heavy atom. The number of benzene rings is 1. The molecular weight excluding hydrogens is 485 g/mol. The zero-order valence-electron chi connectivity index (χ0n) is 19.7. The van der Waals surface area contributed by atoms with Gasteiger partial charge in [-0.3, -0.25) is 19.1 Å². The number of nitrogens with one attached hydrogen (secondary N) is 1. The minimum atomic E-state index is -3.27. The van der Waals surface area contributed by atoms with E-state index >= 15 is 0 Å². The van der Waals surface area contributed by atoms with Gasteiger partial charge in [0.15, 0.2) is 0 Å². The minimum absolute atomic E-state index is 0.00926. The second-order valence-corrected chi connectivity index (χ2v) is 9.86. The molecule has 2 aliphatic heterocycles. The molecule has 35 heavy (non-hydrogen) atoms. The van der Waals surface area contributed by atoms with Crippen molar-refractivity contribution in [2.24, 2.45) is 11.8 Å². The first-order valence-electron chi connectivity index (χ1n) is 11.2. The van der Waals surface area contributed by atoms with Crippen LogP contribution in [0.2, 0.25) is 0 Å². The number of carbonyl (C=O) groups is 1. The van der Waals surface area contributed by atoms with E-state index in [1.54, 1.807) is 18.8 Å². The molecule has 2 saturated heterocycles. The zero-order chi connectivity index (χ0) is 25.6. The van der Waals surface area contributed by atoms with Crippen LogP contribution in [0.3, 0.4) is 0 Å². The number of para-hydroxylation sites is 1. The molecule has 0 saturated carbocycles. The Kier molecular flexibility index (Phi) is 9.15. The summed E-state index contributed by atoms with van der Waals surface area (Å²) in [5.41, 5.74) is -1.61. The number of hydrogen-bond acceptors (Lipinski definition) is 7. The van der Waals surface area contributed by atoms with Gasteiger partial charge in [-0.25, -0.2) is 13.6 Å². The number of aromatic amines is 1. The Hall–Kier alpha value is -2.62. The molecule has 3 heterocycles. The second-order valence-electron chi connectivity index (χ2n) is 8.54. The van der Waals surface area contributed by atoms with Gasteiger partial charge >= 0.3 is 11.7 Å². The molecule has 1 aromatic carbocycles. The molecule has 9 nitrogen and oxygen atoms in total. The number of cyclic esters (lactones) is 1. The third kappa shape index (κ3) is 7.43. The average Bonchev–Trinajstić information content (AvgIpc) is 3.36. The van der Waals surface area contributed by atoms with Crippen molar-refractivity contribution in [2.75, 3.05) is 19.9 Å². The summed E-state index contributed by atoms with van der Waals surface area (Å²) in [6.07, 6.45) is -1.39. The molecule has 2 aliphatic rings. The third-order valence-electron chi connectivity index (χ3n) is 5.49. The lowest BCUT2D eigenvalue weighted by molar-refractivity contribution is -0.142. The van der Waals surface area contributed by atoms with Crippen LogP contribution in [0.25, 0.3) is 0 Å². The summed E-state index contributed by atoms with van der Waals surface area (Å²) in [6.45, 7) is 6.34. The van der Waals surface area contributed by atoms with E-state index in [2.05, 4.69) is 13.8 Å². The van der Waals surface area contributed by atoms with E-state index in [9.17, 15) is 23.2 Å². The van der Waals surface area contributed by atoms with Crippen LogP contribution in [0.5, 0.6) is 5.75 Å².